The van der Waals surface area contributed by atoms with Gasteiger partial charge in [-0.05, 0) is 36.4 Å². The highest BCUT2D eigenvalue weighted by molar-refractivity contribution is 8.15. The zero-order chi connectivity index (χ0) is 18.5. The van der Waals surface area contributed by atoms with Gasteiger partial charge >= 0.3 is 5.97 Å². The van der Waals surface area contributed by atoms with E-state index in [9.17, 15) is 14.4 Å². The van der Waals surface area contributed by atoms with Crippen LogP contribution >= 0.6 is 11.8 Å². The van der Waals surface area contributed by atoms with Gasteiger partial charge in [0, 0.05) is 12.1 Å². The van der Waals surface area contributed by atoms with Crippen LogP contribution in [0.15, 0.2) is 59.6 Å². The molecule has 1 saturated heterocycles. The van der Waals surface area contributed by atoms with Crippen LogP contribution in [0, 0.1) is 0 Å². The fourth-order valence-corrected chi connectivity index (χ4v) is 3.28. The molecule has 1 aliphatic rings. The number of aromatic carboxylic acids is 1. The molecule has 1 atom stereocenters. The molecular formula is C18H15N3O4S. The smallest absolute Gasteiger partial charge is 0.335 e. The highest BCUT2D eigenvalue weighted by Crippen LogP contribution is 2.25. The van der Waals surface area contributed by atoms with Crippen molar-refractivity contribution in [1.82, 2.24) is 5.32 Å². The van der Waals surface area contributed by atoms with Crippen LogP contribution in [0.5, 0.6) is 0 Å². The summed E-state index contributed by atoms with van der Waals surface area (Å²) in [6.45, 7) is 0. The van der Waals surface area contributed by atoms with E-state index >= 15 is 0 Å². The van der Waals surface area contributed by atoms with Gasteiger partial charge in [0.2, 0.25) is 11.8 Å². The summed E-state index contributed by atoms with van der Waals surface area (Å²) >= 11 is 1.18. The largest absolute Gasteiger partial charge is 0.478 e. The van der Waals surface area contributed by atoms with Crippen LogP contribution in [0.25, 0.3) is 0 Å². The van der Waals surface area contributed by atoms with Gasteiger partial charge in [-0.3, -0.25) is 9.59 Å². The first-order valence-electron chi connectivity index (χ1n) is 7.76. The number of carboxylic acids is 1. The Morgan fingerprint density at radius 3 is 2.46 bits per heavy atom. The van der Waals surface area contributed by atoms with Gasteiger partial charge in [0.25, 0.3) is 0 Å². The van der Waals surface area contributed by atoms with Crippen LogP contribution in [0.4, 0.5) is 11.4 Å². The first-order valence-corrected chi connectivity index (χ1v) is 8.64. The van der Waals surface area contributed by atoms with Crippen molar-refractivity contribution in [3.05, 3.63) is 60.2 Å². The summed E-state index contributed by atoms with van der Waals surface area (Å²) in [5.41, 5.74) is 1.35. The molecule has 0 radical (unpaired) electrons. The Morgan fingerprint density at radius 2 is 1.81 bits per heavy atom. The second kappa shape index (κ2) is 7.83. The minimum Gasteiger partial charge on any atom is -0.478 e. The van der Waals surface area contributed by atoms with Gasteiger partial charge in [-0.15, -0.1) is 0 Å². The standard InChI is InChI=1S/C18H15N3O4S/c22-15(19-12-4-2-1-3-5-12)10-14-16(23)21-18(26-14)20-13-8-6-11(7-9-13)17(24)25/h1-9,14H,10H2,(H,19,22)(H,24,25)(H,20,21,23). The number of amides is 2. The van der Waals surface area contributed by atoms with E-state index in [4.69, 9.17) is 5.11 Å². The molecule has 0 spiro atoms. The summed E-state index contributed by atoms with van der Waals surface area (Å²) in [7, 11) is 0. The van der Waals surface area contributed by atoms with Gasteiger partial charge in [-0.2, -0.15) is 0 Å². The van der Waals surface area contributed by atoms with E-state index in [1.54, 1.807) is 24.3 Å². The molecule has 1 heterocycles. The van der Waals surface area contributed by atoms with Crippen molar-refractivity contribution >= 4 is 46.1 Å². The van der Waals surface area contributed by atoms with Crippen LogP contribution in [0.3, 0.4) is 0 Å². The second-order valence-electron chi connectivity index (χ2n) is 5.48. The van der Waals surface area contributed by atoms with E-state index in [-0.39, 0.29) is 23.8 Å². The number of hydrogen-bond donors (Lipinski definition) is 3. The number of nitrogens with one attached hydrogen (secondary N) is 2. The molecule has 0 bridgehead atoms. The molecule has 3 N–H and O–H groups in total. The third-order valence-electron chi connectivity index (χ3n) is 3.55. The van der Waals surface area contributed by atoms with Crippen molar-refractivity contribution in [3.63, 3.8) is 0 Å². The lowest BCUT2D eigenvalue weighted by atomic mass is 10.2. The van der Waals surface area contributed by atoms with E-state index in [1.807, 2.05) is 18.2 Å². The number of carboxylic acid groups (broad SMARTS) is 1. The summed E-state index contributed by atoms with van der Waals surface area (Å²) in [4.78, 5) is 39.2. The fraction of sp³-hybridized carbons (Fsp3) is 0.111. The summed E-state index contributed by atoms with van der Waals surface area (Å²) in [6, 6.07) is 15.0. The van der Waals surface area contributed by atoms with Crippen LogP contribution in [-0.2, 0) is 9.59 Å². The Kier molecular flexibility index (Phi) is 5.33. The van der Waals surface area contributed by atoms with Gasteiger partial charge in [-0.25, -0.2) is 9.79 Å². The van der Waals surface area contributed by atoms with Crippen molar-refractivity contribution in [2.45, 2.75) is 11.7 Å². The molecule has 0 saturated carbocycles. The molecule has 26 heavy (non-hydrogen) atoms. The second-order valence-corrected chi connectivity index (χ2v) is 6.67. The lowest BCUT2D eigenvalue weighted by Crippen LogP contribution is -2.28. The van der Waals surface area contributed by atoms with E-state index in [0.717, 1.165) is 0 Å². The highest BCUT2D eigenvalue weighted by atomic mass is 32.2. The van der Waals surface area contributed by atoms with Gasteiger partial charge < -0.3 is 15.7 Å². The molecule has 0 aliphatic carbocycles. The Hall–Kier alpha value is -3.13. The first-order chi connectivity index (χ1) is 12.5. The minimum absolute atomic E-state index is 0.0301. The number of para-hydroxylation sites is 1. The molecule has 1 unspecified atom stereocenters. The maximum Gasteiger partial charge on any atom is 0.335 e. The van der Waals surface area contributed by atoms with Crippen LogP contribution in [0.1, 0.15) is 16.8 Å². The average Bonchev–Trinajstić information content (AvgIpc) is 2.95. The lowest BCUT2D eigenvalue weighted by molar-refractivity contribution is -0.122. The number of nitrogens with zero attached hydrogens (tertiary/aromatic N) is 1. The van der Waals surface area contributed by atoms with Gasteiger partial charge in [0.05, 0.1) is 11.3 Å². The fourth-order valence-electron chi connectivity index (χ4n) is 2.29. The van der Waals surface area contributed by atoms with E-state index in [0.29, 0.717) is 16.5 Å². The van der Waals surface area contributed by atoms with E-state index in [1.165, 1.54) is 23.9 Å². The number of hydrogen-bond acceptors (Lipinski definition) is 5. The zero-order valence-corrected chi connectivity index (χ0v) is 14.3. The topological polar surface area (TPSA) is 108 Å². The molecule has 7 nitrogen and oxygen atoms in total. The number of aliphatic imine (C=N–C) groups is 1. The SMILES string of the molecule is O=C(CC1SC(=Nc2ccc(C(=O)O)cc2)NC1=O)Nc1ccccc1. The predicted molar refractivity (Wildman–Crippen MR) is 99.7 cm³/mol. The summed E-state index contributed by atoms with van der Waals surface area (Å²) in [6.07, 6.45) is 0.0301. The van der Waals surface area contributed by atoms with Crippen molar-refractivity contribution in [1.29, 1.82) is 0 Å². The Labute approximate surface area is 153 Å². The molecule has 1 aliphatic heterocycles. The number of amidine groups is 1. The van der Waals surface area contributed by atoms with Crippen molar-refractivity contribution in [2.24, 2.45) is 4.99 Å². The van der Waals surface area contributed by atoms with E-state index < -0.39 is 11.2 Å². The number of carbonyl (C=O) groups excluding carboxylic acids is 2. The number of benzene rings is 2. The maximum atomic E-state index is 12.1. The molecule has 2 aromatic carbocycles. The Balaban J connectivity index is 1.61. The molecule has 2 amide bonds. The molecule has 2 aromatic rings. The Morgan fingerprint density at radius 1 is 1.12 bits per heavy atom. The van der Waals surface area contributed by atoms with Gasteiger partial charge in [0.1, 0.15) is 5.25 Å². The van der Waals surface area contributed by atoms with Crippen LogP contribution in [-0.4, -0.2) is 33.3 Å². The minimum atomic E-state index is -1.02. The highest BCUT2D eigenvalue weighted by Gasteiger charge is 2.32. The number of carbonyl (C=O) groups is 3. The normalized spacial score (nSPS) is 17.8. The van der Waals surface area contributed by atoms with Crippen LogP contribution in [0.2, 0.25) is 0 Å². The van der Waals surface area contributed by atoms with Crippen molar-refractivity contribution in [3.8, 4) is 0 Å². The third kappa shape index (κ3) is 4.48. The van der Waals surface area contributed by atoms with Crippen molar-refractivity contribution in [2.75, 3.05) is 5.32 Å². The first kappa shape index (κ1) is 17.7. The summed E-state index contributed by atoms with van der Waals surface area (Å²) in [5, 5.41) is 14.1. The molecule has 3 rings (SSSR count). The van der Waals surface area contributed by atoms with Gasteiger partial charge in [0.15, 0.2) is 5.17 Å². The third-order valence-corrected chi connectivity index (χ3v) is 4.63. The van der Waals surface area contributed by atoms with Gasteiger partial charge in [-0.1, -0.05) is 30.0 Å². The summed E-state index contributed by atoms with van der Waals surface area (Å²) in [5.74, 6) is -1.55. The van der Waals surface area contributed by atoms with E-state index in [2.05, 4.69) is 15.6 Å². The number of anilines is 1. The number of rotatable bonds is 5. The van der Waals surface area contributed by atoms with Crippen LogP contribution < -0.4 is 10.6 Å². The number of thioether (sulfide) groups is 1. The summed E-state index contributed by atoms with van der Waals surface area (Å²) < 4.78 is 0. The van der Waals surface area contributed by atoms with Crippen molar-refractivity contribution < 1.29 is 19.5 Å². The predicted octanol–water partition coefficient (Wildman–Crippen LogP) is 2.63. The monoisotopic (exact) mass is 369 g/mol. The maximum absolute atomic E-state index is 12.1. The molecule has 132 valence electrons. The quantitative estimate of drug-likeness (QED) is 0.751. The lowest BCUT2D eigenvalue weighted by Gasteiger charge is -2.07. The molecular weight excluding hydrogens is 354 g/mol. The molecule has 0 aromatic heterocycles. The Bertz CT molecular complexity index is 866. The molecule has 1 fully saturated rings. The zero-order valence-electron chi connectivity index (χ0n) is 13.5. The molecule has 8 heteroatoms. The average molecular weight is 369 g/mol.